The number of aromatic nitrogens is 1. The van der Waals surface area contributed by atoms with Gasteiger partial charge in [-0.05, 0) is 54.1 Å². The molecule has 0 radical (unpaired) electrons. The number of phenolic OH excluding ortho intramolecular Hbond substituents is 1. The van der Waals surface area contributed by atoms with Gasteiger partial charge in [0.15, 0.2) is 0 Å². The van der Waals surface area contributed by atoms with Crippen LogP contribution in [0.5, 0.6) is 5.75 Å². The zero-order chi connectivity index (χ0) is 21.1. The summed E-state index contributed by atoms with van der Waals surface area (Å²) < 4.78 is 2.93. The van der Waals surface area contributed by atoms with E-state index in [2.05, 4.69) is 15.1 Å². The summed E-state index contributed by atoms with van der Waals surface area (Å²) in [6.07, 6.45) is 3.58. The largest absolute Gasteiger partial charge is 0.507 e. The Morgan fingerprint density at radius 2 is 2.10 bits per heavy atom. The van der Waals surface area contributed by atoms with Crippen molar-refractivity contribution in [3.63, 3.8) is 0 Å². The van der Waals surface area contributed by atoms with E-state index in [1.54, 1.807) is 17.6 Å². The number of nitrogens with zero attached hydrogens (tertiary/aromatic N) is 3. The van der Waals surface area contributed by atoms with E-state index in [-0.39, 0.29) is 16.9 Å². The topological polar surface area (TPSA) is 90.4 Å². The number of hydrazone groups is 1. The second-order valence-electron chi connectivity index (χ2n) is 6.51. The number of thiophene rings is 1. The van der Waals surface area contributed by atoms with Crippen molar-refractivity contribution in [3.05, 3.63) is 86.7 Å². The molecule has 4 rings (SSSR count). The Morgan fingerprint density at radius 1 is 1.23 bits per heavy atom. The van der Waals surface area contributed by atoms with Crippen LogP contribution in [-0.4, -0.2) is 21.8 Å². The quantitative estimate of drug-likeness (QED) is 0.351. The highest BCUT2D eigenvalue weighted by atomic mass is 35.5. The van der Waals surface area contributed by atoms with Crippen LogP contribution >= 0.6 is 22.9 Å². The molecule has 6 nitrogen and oxygen atoms in total. The van der Waals surface area contributed by atoms with Gasteiger partial charge in [-0.25, -0.2) is 5.43 Å². The summed E-state index contributed by atoms with van der Waals surface area (Å²) in [6.45, 7) is 0.752. The Bertz CT molecular complexity index is 1320. The molecule has 8 heteroatoms. The Hall–Kier alpha value is -3.60. The number of halogens is 1. The van der Waals surface area contributed by atoms with Crippen LogP contribution in [0, 0.1) is 11.3 Å². The smallest absolute Gasteiger partial charge is 0.271 e. The zero-order valence-corrected chi connectivity index (χ0v) is 17.1. The minimum atomic E-state index is -0.468. The first kappa shape index (κ1) is 19.7. The highest BCUT2D eigenvalue weighted by Gasteiger charge is 2.08. The van der Waals surface area contributed by atoms with Crippen molar-refractivity contribution < 1.29 is 9.90 Å². The van der Waals surface area contributed by atoms with Crippen molar-refractivity contribution in [3.8, 4) is 11.8 Å². The zero-order valence-electron chi connectivity index (χ0n) is 15.5. The van der Waals surface area contributed by atoms with Crippen LogP contribution in [0.2, 0.25) is 4.34 Å². The first-order valence-corrected chi connectivity index (χ1v) is 10.1. The number of carbonyl (C=O) groups excluding carboxylic acids is 1. The normalized spacial score (nSPS) is 11.1. The fourth-order valence-electron chi connectivity index (χ4n) is 3.04. The lowest BCUT2D eigenvalue weighted by atomic mass is 10.1. The predicted molar refractivity (Wildman–Crippen MR) is 118 cm³/mol. The summed E-state index contributed by atoms with van der Waals surface area (Å²) in [4.78, 5) is 13.4. The number of fused-ring (bicyclic) bond motifs is 1. The molecule has 4 aromatic rings. The number of rotatable bonds is 5. The summed E-state index contributed by atoms with van der Waals surface area (Å²) in [6, 6.07) is 17.7. The van der Waals surface area contributed by atoms with Crippen LogP contribution < -0.4 is 5.43 Å². The fraction of sp³-hybridized carbons (Fsp3) is 0.0455. The molecule has 2 aromatic carbocycles. The molecule has 0 fully saturated rings. The second kappa shape index (κ2) is 8.41. The van der Waals surface area contributed by atoms with Gasteiger partial charge in [-0.3, -0.25) is 4.79 Å². The molecule has 0 saturated carbocycles. The highest BCUT2D eigenvalue weighted by molar-refractivity contribution is 7.16. The molecule has 0 bridgehead atoms. The fourth-order valence-corrected chi connectivity index (χ4v) is 4.12. The van der Waals surface area contributed by atoms with Crippen molar-refractivity contribution in [2.24, 2.45) is 5.10 Å². The third kappa shape index (κ3) is 4.20. The highest BCUT2D eigenvalue weighted by Crippen LogP contribution is 2.24. The number of nitrogens with one attached hydrogen (secondary N) is 1. The van der Waals surface area contributed by atoms with Crippen LogP contribution in [0.25, 0.3) is 10.9 Å². The van der Waals surface area contributed by atoms with E-state index in [1.807, 2.05) is 48.7 Å². The number of amides is 1. The van der Waals surface area contributed by atoms with E-state index in [1.165, 1.54) is 23.1 Å². The maximum absolute atomic E-state index is 12.2. The lowest BCUT2D eigenvalue weighted by Crippen LogP contribution is -2.17. The van der Waals surface area contributed by atoms with Crippen molar-refractivity contribution >= 4 is 46.0 Å². The van der Waals surface area contributed by atoms with E-state index in [0.717, 1.165) is 27.3 Å². The molecular formula is C22H15ClN4O2S. The molecular weight excluding hydrogens is 420 g/mol. The Kier molecular flexibility index (Phi) is 5.53. The van der Waals surface area contributed by atoms with Crippen LogP contribution in [-0.2, 0) is 6.54 Å². The first-order valence-electron chi connectivity index (χ1n) is 8.93. The van der Waals surface area contributed by atoms with Gasteiger partial charge in [0, 0.05) is 27.5 Å². The molecule has 0 aliphatic heterocycles. The van der Waals surface area contributed by atoms with Gasteiger partial charge in [-0.2, -0.15) is 10.4 Å². The van der Waals surface area contributed by atoms with E-state index in [4.69, 9.17) is 16.9 Å². The van der Waals surface area contributed by atoms with E-state index in [9.17, 15) is 9.90 Å². The number of carbonyl (C=O) groups is 1. The van der Waals surface area contributed by atoms with Crippen molar-refractivity contribution in [1.82, 2.24) is 9.99 Å². The molecule has 0 spiro atoms. The van der Waals surface area contributed by atoms with Crippen LogP contribution in [0.4, 0.5) is 0 Å². The minimum Gasteiger partial charge on any atom is -0.507 e. The molecule has 1 amide bonds. The first-order chi connectivity index (χ1) is 14.5. The lowest BCUT2D eigenvalue weighted by Gasteiger charge is -2.04. The van der Waals surface area contributed by atoms with Crippen LogP contribution in [0.15, 0.2) is 65.9 Å². The number of hydrogen-bond donors (Lipinski definition) is 2. The molecule has 2 N–H and O–H groups in total. The summed E-state index contributed by atoms with van der Waals surface area (Å²) >= 11 is 7.58. The Labute approximate surface area is 181 Å². The second-order valence-corrected chi connectivity index (χ2v) is 8.31. The minimum absolute atomic E-state index is 0.0337. The lowest BCUT2D eigenvalue weighted by molar-refractivity contribution is 0.0955. The Balaban J connectivity index is 1.45. The van der Waals surface area contributed by atoms with Gasteiger partial charge in [-0.1, -0.05) is 17.7 Å². The monoisotopic (exact) mass is 434 g/mol. The molecule has 0 aliphatic carbocycles. The summed E-state index contributed by atoms with van der Waals surface area (Å²) in [7, 11) is 0. The molecule has 0 saturated heterocycles. The van der Waals surface area contributed by atoms with E-state index < -0.39 is 5.91 Å². The van der Waals surface area contributed by atoms with Gasteiger partial charge >= 0.3 is 0 Å². The molecule has 2 heterocycles. The number of phenols is 1. The third-order valence-electron chi connectivity index (χ3n) is 4.51. The summed E-state index contributed by atoms with van der Waals surface area (Å²) in [5.74, 6) is -0.635. The molecule has 2 aromatic heterocycles. The number of nitriles is 1. The molecule has 148 valence electrons. The van der Waals surface area contributed by atoms with Gasteiger partial charge in [0.2, 0.25) is 0 Å². The standard InChI is InChI=1S/C22H15ClN4O2S/c23-21-6-3-18(30-21)13-27-8-7-15-9-14(1-4-19(15)27)12-25-26-22(29)16-2-5-20(28)17(10-16)11-24/h1-10,12,28H,13H2,(H,26,29). The molecule has 0 aliphatic rings. The summed E-state index contributed by atoms with van der Waals surface area (Å²) in [5, 5.41) is 23.5. The van der Waals surface area contributed by atoms with Crippen LogP contribution in [0.1, 0.15) is 26.4 Å². The van der Waals surface area contributed by atoms with Crippen LogP contribution in [0.3, 0.4) is 0 Å². The maximum Gasteiger partial charge on any atom is 0.271 e. The van der Waals surface area contributed by atoms with Crippen molar-refractivity contribution in [2.75, 3.05) is 0 Å². The third-order valence-corrected chi connectivity index (χ3v) is 5.72. The average molecular weight is 435 g/mol. The van der Waals surface area contributed by atoms with Gasteiger partial charge in [0.25, 0.3) is 5.91 Å². The van der Waals surface area contributed by atoms with Gasteiger partial charge in [0.1, 0.15) is 11.8 Å². The van der Waals surface area contributed by atoms with Crippen molar-refractivity contribution in [1.29, 1.82) is 5.26 Å². The number of aromatic hydroxyl groups is 1. The molecule has 30 heavy (non-hydrogen) atoms. The molecule has 0 unspecified atom stereocenters. The summed E-state index contributed by atoms with van der Waals surface area (Å²) in [5.41, 5.74) is 4.63. The average Bonchev–Trinajstić information content (AvgIpc) is 3.34. The SMILES string of the molecule is N#Cc1cc(C(=O)NN=Cc2ccc3c(ccn3Cc3ccc(Cl)s3)c2)ccc1O. The van der Waals surface area contributed by atoms with E-state index in [0.29, 0.717) is 0 Å². The molecule has 0 atom stereocenters. The van der Waals surface area contributed by atoms with Gasteiger partial charge in [-0.15, -0.1) is 11.3 Å². The number of benzene rings is 2. The van der Waals surface area contributed by atoms with Gasteiger partial charge in [0.05, 0.1) is 22.7 Å². The maximum atomic E-state index is 12.2. The Morgan fingerprint density at radius 3 is 2.87 bits per heavy atom. The number of hydrogen-bond acceptors (Lipinski definition) is 5. The van der Waals surface area contributed by atoms with E-state index >= 15 is 0 Å². The predicted octanol–water partition coefficient (Wildman–Crippen LogP) is 4.75. The van der Waals surface area contributed by atoms with Gasteiger partial charge < -0.3 is 9.67 Å². The van der Waals surface area contributed by atoms with Crippen molar-refractivity contribution in [2.45, 2.75) is 6.54 Å².